The van der Waals surface area contributed by atoms with Crippen molar-refractivity contribution in [2.24, 2.45) is 0 Å². The third-order valence-corrected chi connectivity index (χ3v) is 19.2. The predicted octanol–water partition coefficient (Wildman–Crippen LogP) is 22.6. The van der Waals surface area contributed by atoms with Crippen LogP contribution in [0, 0.1) is 0 Å². The molecule has 18 rings (SSSR count). The lowest BCUT2D eigenvalue weighted by Gasteiger charge is -2.15. The second kappa shape index (κ2) is 18.8. The van der Waals surface area contributed by atoms with Crippen LogP contribution in [0.3, 0.4) is 0 Å². The summed E-state index contributed by atoms with van der Waals surface area (Å²) in [6.45, 7) is 0. The van der Waals surface area contributed by atoms with E-state index in [0.29, 0.717) is 0 Å². The molecule has 18 aromatic rings. The number of rotatable bonds is 6. The first-order chi connectivity index (χ1) is 42.1. The van der Waals surface area contributed by atoms with Gasteiger partial charge in [-0.1, -0.05) is 212 Å². The Hall–Kier alpha value is -10.9. The molecule has 0 atom stereocenters. The van der Waals surface area contributed by atoms with Gasteiger partial charge in [0.15, 0.2) is 0 Å². The van der Waals surface area contributed by atoms with Gasteiger partial charge >= 0.3 is 0 Å². The normalized spacial score (nSPS) is 12.0. The minimum Gasteiger partial charge on any atom is -0.256 e. The fourth-order valence-corrected chi connectivity index (χ4v) is 15.1. The van der Waals surface area contributed by atoms with Gasteiger partial charge in [0, 0.05) is 60.5 Å². The van der Waals surface area contributed by atoms with Crippen molar-refractivity contribution in [3.63, 3.8) is 0 Å². The topological polar surface area (TPSA) is 38.7 Å². The molecule has 3 nitrogen and oxygen atoms in total. The first kappa shape index (κ1) is 47.7. The van der Waals surface area contributed by atoms with Gasteiger partial charge < -0.3 is 0 Å². The number of fused-ring (bicyclic) bond motifs is 21. The van der Waals surface area contributed by atoms with Crippen LogP contribution in [-0.2, 0) is 0 Å². The molecule has 3 heterocycles. The van der Waals surface area contributed by atoms with E-state index in [1.54, 1.807) is 12.4 Å². The molecule has 0 saturated carbocycles. The minimum atomic E-state index is 0.925. The molecule has 0 aliphatic heterocycles. The summed E-state index contributed by atoms with van der Waals surface area (Å²) >= 11 is 1.88. The molecule has 392 valence electrons. The number of pyridine rings is 1. The summed E-state index contributed by atoms with van der Waals surface area (Å²) in [6, 6.07) is 98.7. The van der Waals surface area contributed by atoms with Crippen molar-refractivity contribution in [1.82, 2.24) is 15.0 Å². The van der Waals surface area contributed by atoms with Gasteiger partial charge in [0.2, 0.25) is 0 Å². The van der Waals surface area contributed by atoms with Crippen molar-refractivity contribution in [2.45, 2.75) is 0 Å². The molecule has 15 aromatic carbocycles. The molecule has 3 aromatic heterocycles. The van der Waals surface area contributed by atoms with Gasteiger partial charge in [-0.25, -0.2) is 0 Å². The van der Waals surface area contributed by atoms with E-state index in [0.717, 1.165) is 55.1 Å². The molecule has 4 heteroatoms. The Kier molecular flexibility index (Phi) is 10.6. The number of hydrogen-bond donors (Lipinski definition) is 0. The van der Waals surface area contributed by atoms with E-state index in [1.807, 2.05) is 11.3 Å². The Morgan fingerprint density at radius 1 is 0.212 bits per heavy atom. The van der Waals surface area contributed by atoms with Crippen LogP contribution in [0.25, 0.3) is 184 Å². The van der Waals surface area contributed by atoms with Crippen molar-refractivity contribution in [3.8, 4) is 66.9 Å². The summed E-state index contributed by atoms with van der Waals surface area (Å²) in [6.07, 6.45) is 5.69. The molecular weight excluding hydrogens is 1050 g/mol. The van der Waals surface area contributed by atoms with Crippen molar-refractivity contribution in [3.05, 3.63) is 286 Å². The van der Waals surface area contributed by atoms with E-state index in [9.17, 15) is 0 Å². The van der Waals surface area contributed by atoms with Gasteiger partial charge in [0.25, 0.3) is 0 Å². The molecule has 85 heavy (non-hydrogen) atoms. The number of benzene rings is 15. The van der Waals surface area contributed by atoms with E-state index in [1.165, 1.54) is 129 Å². The third-order valence-electron chi connectivity index (χ3n) is 17.9. The highest BCUT2D eigenvalue weighted by atomic mass is 32.1. The van der Waals surface area contributed by atoms with Crippen LogP contribution in [0.15, 0.2) is 286 Å². The maximum atomic E-state index is 5.27. The lowest BCUT2D eigenvalue weighted by molar-refractivity contribution is 1.31. The lowest BCUT2D eigenvalue weighted by atomic mass is 9.89. The first-order valence-electron chi connectivity index (χ1n) is 29.0. The zero-order valence-corrected chi connectivity index (χ0v) is 46.7. The van der Waals surface area contributed by atoms with E-state index >= 15 is 0 Å². The third kappa shape index (κ3) is 7.56. The Labute approximate surface area is 493 Å². The number of nitrogens with zero attached hydrogens (tertiary/aromatic N) is 3. The average molecular weight is 1090 g/mol. The van der Waals surface area contributed by atoms with Crippen LogP contribution in [0.5, 0.6) is 0 Å². The summed E-state index contributed by atoms with van der Waals surface area (Å²) < 4.78 is 2.64. The second-order valence-corrected chi connectivity index (χ2v) is 23.6. The molecule has 0 aliphatic carbocycles. The number of hydrogen-bond acceptors (Lipinski definition) is 4. The van der Waals surface area contributed by atoms with Crippen LogP contribution in [-0.4, -0.2) is 15.0 Å². The zero-order chi connectivity index (χ0) is 55.7. The number of thiophene rings is 1. The van der Waals surface area contributed by atoms with Gasteiger partial charge in [-0.15, -0.1) is 11.3 Å². The minimum absolute atomic E-state index is 0.925. The molecule has 0 fully saturated rings. The van der Waals surface area contributed by atoms with Gasteiger partial charge in [-0.2, -0.15) is 0 Å². The van der Waals surface area contributed by atoms with Crippen LogP contribution in [0.1, 0.15) is 0 Å². The van der Waals surface area contributed by atoms with Crippen LogP contribution in [0.2, 0.25) is 0 Å². The van der Waals surface area contributed by atoms with Gasteiger partial charge in [-0.3, -0.25) is 15.0 Å². The molecular formula is C81H47N3S. The monoisotopic (exact) mass is 1090 g/mol. The maximum Gasteiger partial charge on any atom is 0.0971 e. The second-order valence-electron chi connectivity index (χ2n) is 22.6. The molecule has 0 amide bonds. The van der Waals surface area contributed by atoms with E-state index in [2.05, 4.69) is 273 Å². The molecule has 0 bridgehead atoms. The Morgan fingerprint density at radius 3 is 1.16 bits per heavy atom. The zero-order valence-electron chi connectivity index (χ0n) is 45.9. The molecule has 0 aliphatic rings. The standard InChI is InChI=1S/C81H47N3S/c1-3-22-62-59(19-1)64-33-29-52(48-13-9-14-49(39-48)55-31-35-66-61-21-5-6-25-69(61)79-80(75(66)45-55)83-38-37-82-79)42-72(64)67-36-32-53(43-71(62)67)54-30-34-65-60-20-2-4-23-63(60)74-46-77(84-47-76(74)73(65)44-54)57-18-11-16-51(41-57)50-15-10-17-56(40-50)58-26-12-27-70-68-24-7-8-28-78(68)85-81(58)70/h1-47H. The van der Waals surface area contributed by atoms with Crippen molar-refractivity contribution in [1.29, 1.82) is 0 Å². The van der Waals surface area contributed by atoms with Gasteiger partial charge in [-0.05, 0) is 180 Å². The molecule has 0 N–H and O–H groups in total. The fourth-order valence-electron chi connectivity index (χ4n) is 13.9. The molecule has 0 unspecified atom stereocenters. The summed E-state index contributed by atoms with van der Waals surface area (Å²) in [5.74, 6) is 0. The van der Waals surface area contributed by atoms with E-state index in [4.69, 9.17) is 15.0 Å². The average Bonchev–Trinajstić information content (AvgIpc) is 4.14. The van der Waals surface area contributed by atoms with Crippen molar-refractivity contribution in [2.75, 3.05) is 0 Å². The van der Waals surface area contributed by atoms with Crippen LogP contribution < -0.4 is 0 Å². The summed E-state index contributed by atoms with van der Waals surface area (Å²) in [5.41, 5.74) is 15.7. The van der Waals surface area contributed by atoms with Crippen LogP contribution >= 0.6 is 11.3 Å². The fraction of sp³-hybridized carbons (Fsp3) is 0. The highest BCUT2D eigenvalue weighted by Crippen LogP contribution is 2.45. The molecule has 0 spiro atoms. The quantitative estimate of drug-likeness (QED) is 0.156. The Bertz CT molecular complexity index is 5840. The largest absolute Gasteiger partial charge is 0.256 e. The predicted molar refractivity (Wildman–Crippen MR) is 363 cm³/mol. The summed E-state index contributed by atoms with van der Waals surface area (Å²) in [5, 5.41) is 21.9. The Balaban J connectivity index is 0.716. The SMILES string of the molecule is c1cc(-c2ccc3c4ccccc4c4cc(-c5ccc6c7ccccc7c7cc(-c8cccc(-c9cccc(-c%10cccc%11c%10sc%10ccccc%10%11)c9)c8)ncc7c6c5)ccc4c3c2)cc(-c2ccc3c4ccccc4c4nccnc4c3c2)c1. The summed E-state index contributed by atoms with van der Waals surface area (Å²) in [7, 11) is 0. The van der Waals surface area contributed by atoms with Crippen molar-refractivity contribution < 1.29 is 0 Å². The van der Waals surface area contributed by atoms with E-state index < -0.39 is 0 Å². The first-order valence-corrected chi connectivity index (χ1v) is 29.8. The van der Waals surface area contributed by atoms with E-state index in [-0.39, 0.29) is 0 Å². The van der Waals surface area contributed by atoms with Gasteiger partial charge in [0.1, 0.15) is 0 Å². The maximum absolute atomic E-state index is 5.27. The summed E-state index contributed by atoms with van der Waals surface area (Å²) in [4.78, 5) is 14.9. The molecule has 0 radical (unpaired) electrons. The van der Waals surface area contributed by atoms with Crippen LogP contribution in [0.4, 0.5) is 0 Å². The highest BCUT2D eigenvalue weighted by molar-refractivity contribution is 7.26. The molecule has 0 saturated heterocycles. The Morgan fingerprint density at radius 2 is 0.576 bits per heavy atom. The number of aromatic nitrogens is 3. The lowest BCUT2D eigenvalue weighted by Crippen LogP contribution is -1.90. The smallest absolute Gasteiger partial charge is 0.0971 e. The highest BCUT2D eigenvalue weighted by Gasteiger charge is 2.18. The van der Waals surface area contributed by atoms with Crippen molar-refractivity contribution >= 4 is 129 Å². The van der Waals surface area contributed by atoms with Gasteiger partial charge in [0.05, 0.1) is 16.7 Å².